The SMILES string of the molecule is O=C(CCCC(=O)N1Cc2cc(OC[C@@H](O)CO)ccc2C#CC2CCC(OC[C@@H](O)CO)CC21)NCCCC(=O)ON1C(=O)CCC1=O. The molecule has 5 atom stereocenters. The van der Waals surface area contributed by atoms with E-state index in [1.165, 1.54) is 0 Å². The third kappa shape index (κ3) is 11.2. The molecule has 4 rings (SSSR count). The smallest absolute Gasteiger partial charge is 0.333 e. The zero-order valence-corrected chi connectivity index (χ0v) is 27.4. The van der Waals surface area contributed by atoms with Gasteiger partial charge in [-0.1, -0.05) is 11.8 Å². The van der Waals surface area contributed by atoms with E-state index in [-0.39, 0.29) is 101 Å². The van der Waals surface area contributed by atoms with Gasteiger partial charge in [0.05, 0.1) is 25.9 Å². The number of benzene rings is 1. The van der Waals surface area contributed by atoms with E-state index in [0.717, 1.165) is 11.1 Å². The second-order valence-corrected chi connectivity index (χ2v) is 12.4. The topological polar surface area (TPSA) is 212 Å². The molecule has 15 heteroatoms. The van der Waals surface area contributed by atoms with Crippen LogP contribution in [0.4, 0.5) is 0 Å². The lowest BCUT2D eigenvalue weighted by molar-refractivity contribution is -0.197. The molecule has 2 heterocycles. The first-order chi connectivity index (χ1) is 23.6. The predicted molar refractivity (Wildman–Crippen MR) is 170 cm³/mol. The van der Waals surface area contributed by atoms with Crippen LogP contribution in [0.1, 0.15) is 75.3 Å². The number of fused-ring (bicyclic) bond motifs is 2. The summed E-state index contributed by atoms with van der Waals surface area (Å²) in [5.74, 6) is 4.56. The van der Waals surface area contributed by atoms with E-state index in [0.29, 0.717) is 30.1 Å². The molecule has 0 spiro atoms. The lowest BCUT2D eigenvalue weighted by Crippen LogP contribution is -2.49. The van der Waals surface area contributed by atoms with E-state index in [2.05, 4.69) is 17.2 Å². The first-order valence-corrected chi connectivity index (χ1v) is 16.7. The Kier molecular flexibility index (Phi) is 14.3. The second-order valence-electron chi connectivity index (χ2n) is 12.4. The van der Waals surface area contributed by atoms with Gasteiger partial charge in [-0.3, -0.25) is 19.2 Å². The molecule has 1 aromatic carbocycles. The molecule has 5 N–H and O–H groups in total. The highest BCUT2D eigenvalue weighted by molar-refractivity contribution is 6.01. The summed E-state index contributed by atoms with van der Waals surface area (Å²) in [5.41, 5.74) is 1.47. The monoisotopic (exact) mass is 687 g/mol. The van der Waals surface area contributed by atoms with Gasteiger partial charge in [-0.25, -0.2) is 4.79 Å². The normalized spacial score (nSPS) is 21.3. The largest absolute Gasteiger partial charge is 0.491 e. The number of nitrogens with one attached hydrogen (secondary N) is 1. The number of imide groups is 1. The minimum atomic E-state index is -1.04. The Bertz CT molecular complexity index is 1390. The standard InChI is InChI=1S/C34H45N3O12/c38-18-25(40)20-47-27-10-8-22-6-7-23-9-11-28(48-21-26(41)19-39)16-29(23)36(17-24(22)15-27)31(43)4-1-3-30(42)35-14-2-5-34(46)49-37-32(44)12-13-33(37)45/h8,10,15,23,25-26,28-29,38-41H,1-5,9,11-14,16-21H2,(H,35,42)/t23?,25-,26-,28?,29?/m0/s1. The minimum Gasteiger partial charge on any atom is -0.491 e. The molecule has 268 valence electrons. The molecule has 0 aromatic heterocycles. The molecule has 0 radical (unpaired) electrons. The van der Waals surface area contributed by atoms with Crippen molar-refractivity contribution in [3.8, 4) is 17.6 Å². The van der Waals surface area contributed by atoms with Gasteiger partial charge < -0.3 is 45.0 Å². The molecule has 3 aliphatic rings. The Morgan fingerprint density at radius 1 is 0.959 bits per heavy atom. The number of amides is 4. The summed E-state index contributed by atoms with van der Waals surface area (Å²) in [6.45, 7) is -0.629. The summed E-state index contributed by atoms with van der Waals surface area (Å²) in [6.07, 6.45) is 0.0668. The van der Waals surface area contributed by atoms with Crippen molar-refractivity contribution in [2.45, 2.75) is 95.1 Å². The summed E-state index contributed by atoms with van der Waals surface area (Å²) in [7, 11) is 0. The Morgan fingerprint density at radius 3 is 2.43 bits per heavy atom. The Morgan fingerprint density at radius 2 is 1.69 bits per heavy atom. The summed E-state index contributed by atoms with van der Waals surface area (Å²) < 4.78 is 11.5. The summed E-state index contributed by atoms with van der Waals surface area (Å²) in [6, 6.07) is 4.97. The zero-order chi connectivity index (χ0) is 35.3. The molecule has 15 nitrogen and oxygen atoms in total. The van der Waals surface area contributed by atoms with Gasteiger partial charge in [0.2, 0.25) is 11.8 Å². The Balaban J connectivity index is 1.34. The van der Waals surface area contributed by atoms with Crippen LogP contribution in [-0.4, -0.2) is 117 Å². The Labute approximate surface area is 284 Å². The van der Waals surface area contributed by atoms with Crippen LogP contribution in [0.25, 0.3) is 0 Å². The zero-order valence-electron chi connectivity index (χ0n) is 27.4. The lowest BCUT2D eigenvalue weighted by Gasteiger charge is -2.42. The van der Waals surface area contributed by atoms with E-state index < -0.39 is 43.2 Å². The lowest BCUT2D eigenvalue weighted by atomic mass is 9.80. The number of hydrogen-bond acceptors (Lipinski definition) is 12. The van der Waals surface area contributed by atoms with Crippen LogP contribution in [0.3, 0.4) is 0 Å². The van der Waals surface area contributed by atoms with Crippen LogP contribution in [0.15, 0.2) is 18.2 Å². The highest BCUT2D eigenvalue weighted by Crippen LogP contribution is 2.34. The van der Waals surface area contributed by atoms with Gasteiger partial charge in [-0.2, -0.15) is 0 Å². The Hall–Kier alpha value is -4.07. The maximum absolute atomic E-state index is 13.8. The molecule has 1 saturated carbocycles. The van der Waals surface area contributed by atoms with Crippen molar-refractivity contribution < 1.29 is 58.7 Å². The highest BCUT2D eigenvalue weighted by atomic mass is 16.7. The fourth-order valence-corrected chi connectivity index (χ4v) is 5.87. The van der Waals surface area contributed by atoms with Crippen LogP contribution in [0, 0.1) is 17.8 Å². The molecule has 2 fully saturated rings. The van der Waals surface area contributed by atoms with Crippen LogP contribution >= 0.6 is 0 Å². The molecule has 1 aromatic rings. The van der Waals surface area contributed by atoms with Crippen molar-refractivity contribution in [2.75, 3.05) is 33.0 Å². The van der Waals surface area contributed by atoms with E-state index in [4.69, 9.17) is 19.4 Å². The maximum atomic E-state index is 13.8. The van der Waals surface area contributed by atoms with Crippen LogP contribution in [0.2, 0.25) is 0 Å². The molecule has 1 saturated heterocycles. The number of ether oxygens (including phenoxy) is 2. The molecule has 3 unspecified atom stereocenters. The average Bonchev–Trinajstić information content (AvgIpc) is 3.40. The number of aliphatic hydroxyl groups is 4. The maximum Gasteiger partial charge on any atom is 0.333 e. The van der Waals surface area contributed by atoms with E-state index >= 15 is 0 Å². The van der Waals surface area contributed by atoms with Crippen LogP contribution in [-0.2, 0) is 40.1 Å². The van der Waals surface area contributed by atoms with Crippen molar-refractivity contribution in [1.82, 2.24) is 15.3 Å². The van der Waals surface area contributed by atoms with Crippen molar-refractivity contribution in [2.24, 2.45) is 5.92 Å². The van der Waals surface area contributed by atoms with E-state index in [1.54, 1.807) is 23.1 Å². The fourth-order valence-electron chi connectivity index (χ4n) is 5.87. The summed E-state index contributed by atoms with van der Waals surface area (Å²) >= 11 is 0. The molecule has 0 bridgehead atoms. The number of hydroxylamine groups is 2. The van der Waals surface area contributed by atoms with Gasteiger partial charge in [0.25, 0.3) is 11.8 Å². The van der Waals surface area contributed by atoms with E-state index in [9.17, 15) is 39.3 Å². The van der Waals surface area contributed by atoms with Gasteiger partial charge >= 0.3 is 5.97 Å². The minimum absolute atomic E-state index is 0.00418. The van der Waals surface area contributed by atoms with Gasteiger partial charge in [0.15, 0.2) is 0 Å². The van der Waals surface area contributed by atoms with Crippen molar-refractivity contribution in [3.05, 3.63) is 29.3 Å². The first kappa shape index (κ1) is 37.7. The van der Waals surface area contributed by atoms with Crippen molar-refractivity contribution in [1.29, 1.82) is 0 Å². The number of hydrogen-bond donors (Lipinski definition) is 5. The number of carbonyl (C=O) groups excluding carboxylic acids is 5. The number of rotatable bonds is 17. The van der Waals surface area contributed by atoms with Crippen LogP contribution in [0.5, 0.6) is 5.75 Å². The van der Waals surface area contributed by atoms with E-state index in [1.807, 2.05) is 0 Å². The predicted octanol–water partition coefficient (Wildman–Crippen LogP) is -0.307. The van der Waals surface area contributed by atoms with Gasteiger partial charge in [0.1, 0.15) is 24.6 Å². The number of aliphatic hydroxyl groups excluding tert-OH is 4. The number of carbonyl (C=O) groups is 5. The first-order valence-electron chi connectivity index (χ1n) is 16.7. The molecule has 4 amide bonds. The molecular formula is C34H45N3O12. The fraction of sp³-hybridized carbons (Fsp3) is 0.618. The molecular weight excluding hydrogens is 642 g/mol. The molecule has 1 aliphatic carbocycles. The number of nitrogens with zero attached hydrogens (tertiary/aromatic N) is 2. The summed E-state index contributed by atoms with van der Waals surface area (Å²) in [5, 5.41) is 41.0. The van der Waals surface area contributed by atoms with Gasteiger partial charge in [-0.15, -0.1) is 5.06 Å². The van der Waals surface area contributed by atoms with Gasteiger partial charge in [0, 0.05) is 62.7 Å². The molecule has 49 heavy (non-hydrogen) atoms. The third-order valence-corrected chi connectivity index (χ3v) is 8.56. The highest BCUT2D eigenvalue weighted by Gasteiger charge is 2.38. The van der Waals surface area contributed by atoms with Crippen molar-refractivity contribution >= 4 is 29.6 Å². The van der Waals surface area contributed by atoms with Crippen LogP contribution < -0.4 is 10.1 Å². The van der Waals surface area contributed by atoms with Crippen molar-refractivity contribution in [3.63, 3.8) is 0 Å². The quantitative estimate of drug-likeness (QED) is 0.0811. The second kappa shape index (κ2) is 18.6. The summed E-state index contributed by atoms with van der Waals surface area (Å²) in [4.78, 5) is 68.0. The third-order valence-electron chi connectivity index (χ3n) is 8.56. The average molecular weight is 688 g/mol. The molecule has 2 aliphatic heterocycles. The van der Waals surface area contributed by atoms with Gasteiger partial charge in [-0.05, 0) is 55.9 Å².